The second-order valence-corrected chi connectivity index (χ2v) is 5.42. The molecule has 0 bridgehead atoms. The van der Waals surface area contributed by atoms with Gasteiger partial charge < -0.3 is 14.6 Å². The number of benzene rings is 1. The molecule has 1 unspecified atom stereocenters. The van der Waals surface area contributed by atoms with Gasteiger partial charge in [-0.3, -0.25) is 10.1 Å². The maximum absolute atomic E-state index is 11.0. The Morgan fingerprint density at radius 3 is 2.76 bits per heavy atom. The van der Waals surface area contributed by atoms with Crippen LogP contribution in [0.25, 0.3) is 11.4 Å². The van der Waals surface area contributed by atoms with Crippen LogP contribution in [0.15, 0.2) is 54.9 Å². The van der Waals surface area contributed by atoms with Gasteiger partial charge >= 0.3 is 29.6 Å². The van der Waals surface area contributed by atoms with Crippen LogP contribution >= 0.6 is 0 Å². The summed E-state index contributed by atoms with van der Waals surface area (Å²) in [6, 6.07) is 12.8. The molecule has 0 aliphatic carbocycles. The van der Waals surface area contributed by atoms with Gasteiger partial charge in [0.05, 0.1) is 17.6 Å². The Balaban J connectivity index is 0.00000225. The van der Waals surface area contributed by atoms with Gasteiger partial charge in [-0.25, -0.2) is 0 Å². The zero-order valence-electron chi connectivity index (χ0n) is 14.1. The number of hydrogen-bond acceptors (Lipinski definition) is 5. The molecule has 1 atom stereocenters. The third kappa shape index (κ3) is 4.92. The summed E-state index contributed by atoms with van der Waals surface area (Å²) in [7, 11) is 0. The van der Waals surface area contributed by atoms with Crippen molar-refractivity contribution in [3.05, 3.63) is 66.0 Å². The van der Waals surface area contributed by atoms with Crippen LogP contribution in [0.1, 0.15) is 24.0 Å². The van der Waals surface area contributed by atoms with Gasteiger partial charge in [0.25, 0.3) is 0 Å². The van der Waals surface area contributed by atoms with Gasteiger partial charge in [-0.15, -0.1) is 0 Å². The fraction of sp³-hybridized carbons (Fsp3) is 0.167. The molecule has 122 valence electrons. The maximum atomic E-state index is 11.0. The van der Waals surface area contributed by atoms with Crippen molar-refractivity contribution < 1.29 is 44.2 Å². The number of H-pyrrole nitrogens is 1. The number of hydrogen-bond donors (Lipinski definition) is 1. The molecular formula is C18H16N3NaO3. The number of nitrogens with one attached hydrogen (secondary N) is 1. The predicted octanol–water partition coefficient (Wildman–Crippen LogP) is -1.09. The zero-order chi connectivity index (χ0) is 16.9. The molecule has 0 fully saturated rings. The Morgan fingerprint density at radius 2 is 2.12 bits per heavy atom. The summed E-state index contributed by atoms with van der Waals surface area (Å²) in [6.07, 6.45) is 3.31. The minimum Gasteiger partial charge on any atom is -0.550 e. The van der Waals surface area contributed by atoms with E-state index in [0.717, 1.165) is 17.0 Å². The van der Waals surface area contributed by atoms with Crippen LogP contribution in [0.4, 0.5) is 0 Å². The molecule has 2 heterocycles. The molecule has 0 radical (unpaired) electrons. The Hall–Kier alpha value is -2.15. The third-order valence-corrected chi connectivity index (χ3v) is 3.72. The first-order valence-corrected chi connectivity index (χ1v) is 7.52. The molecule has 1 N–H and O–H groups in total. The standard InChI is InChI=1S/C18H17N3O3.Na/c1-12(18(22)23)14-4-2-3-13(9-14)11-24-15-5-6-16(19-10-15)17-7-8-20-21-17;/h2-10,12H,11H2,1H3,(H,20,21)(H,22,23);/q;+1/p-1. The van der Waals surface area contributed by atoms with Crippen molar-refractivity contribution >= 4 is 5.97 Å². The van der Waals surface area contributed by atoms with E-state index in [1.165, 1.54) is 0 Å². The van der Waals surface area contributed by atoms with E-state index in [1.807, 2.05) is 36.4 Å². The van der Waals surface area contributed by atoms with E-state index in [-0.39, 0.29) is 29.6 Å². The molecule has 1 aromatic carbocycles. The Kier molecular flexibility index (Phi) is 6.75. The van der Waals surface area contributed by atoms with Crippen molar-refractivity contribution in [1.29, 1.82) is 0 Å². The fourth-order valence-electron chi connectivity index (χ4n) is 2.28. The average Bonchev–Trinajstić information content (AvgIpc) is 3.14. The summed E-state index contributed by atoms with van der Waals surface area (Å²) in [5.41, 5.74) is 3.21. The van der Waals surface area contributed by atoms with Gasteiger partial charge in [0.1, 0.15) is 12.4 Å². The molecule has 25 heavy (non-hydrogen) atoms. The first-order chi connectivity index (χ1) is 11.6. The number of ether oxygens (including phenoxy) is 1. The van der Waals surface area contributed by atoms with Crippen LogP contribution in [0, 0.1) is 0 Å². The minimum absolute atomic E-state index is 0. The molecule has 0 saturated carbocycles. The SMILES string of the molecule is CC(C(=O)[O-])c1cccc(COc2ccc(-c3ccn[nH]3)nc2)c1.[Na+]. The van der Waals surface area contributed by atoms with Crippen LogP contribution in [0.2, 0.25) is 0 Å². The predicted molar refractivity (Wildman–Crippen MR) is 86.0 cm³/mol. The van der Waals surface area contributed by atoms with Gasteiger partial charge in [-0.2, -0.15) is 5.10 Å². The normalized spacial score (nSPS) is 11.4. The molecule has 2 aromatic heterocycles. The number of rotatable bonds is 6. The van der Waals surface area contributed by atoms with Crippen LogP contribution in [-0.4, -0.2) is 21.2 Å². The number of nitrogens with zero attached hydrogens (tertiary/aromatic N) is 2. The van der Waals surface area contributed by atoms with E-state index >= 15 is 0 Å². The maximum Gasteiger partial charge on any atom is 1.00 e. The second kappa shape index (κ2) is 8.80. The zero-order valence-corrected chi connectivity index (χ0v) is 16.1. The summed E-state index contributed by atoms with van der Waals surface area (Å²) < 4.78 is 5.71. The molecular weight excluding hydrogens is 329 g/mol. The second-order valence-electron chi connectivity index (χ2n) is 5.42. The van der Waals surface area contributed by atoms with Gasteiger partial charge in [0.2, 0.25) is 0 Å². The number of carboxylic acid groups (broad SMARTS) is 1. The molecule has 0 saturated heterocycles. The Labute approximate surface area is 167 Å². The molecule has 0 aliphatic heterocycles. The average molecular weight is 345 g/mol. The van der Waals surface area contributed by atoms with E-state index in [0.29, 0.717) is 17.9 Å². The van der Waals surface area contributed by atoms with Crippen molar-refractivity contribution in [3.63, 3.8) is 0 Å². The van der Waals surface area contributed by atoms with Crippen molar-refractivity contribution in [2.75, 3.05) is 0 Å². The van der Waals surface area contributed by atoms with Crippen LogP contribution in [0.5, 0.6) is 5.75 Å². The largest absolute Gasteiger partial charge is 1.00 e. The molecule has 3 aromatic rings. The molecule has 0 spiro atoms. The summed E-state index contributed by atoms with van der Waals surface area (Å²) in [5.74, 6) is -1.11. The van der Waals surface area contributed by atoms with E-state index in [9.17, 15) is 9.90 Å². The quantitative estimate of drug-likeness (QED) is 0.573. The number of carbonyl (C=O) groups excluding carboxylic acids is 1. The van der Waals surface area contributed by atoms with E-state index < -0.39 is 11.9 Å². The van der Waals surface area contributed by atoms with Gasteiger partial charge in [-0.1, -0.05) is 31.2 Å². The fourth-order valence-corrected chi connectivity index (χ4v) is 2.28. The van der Waals surface area contributed by atoms with Gasteiger partial charge in [0, 0.05) is 18.1 Å². The van der Waals surface area contributed by atoms with Crippen LogP contribution < -0.4 is 39.4 Å². The van der Waals surface area contributed by atoms with Crippen LogP contribution in [-0.2, 0) is 11.4 Å². The van der Waals surface area contributed by atoms with Crippen molar-refractivity contribution in [3.8, 4) is 17.1 Å². The first-order valence-electron chi connectivity index (χ1n) is 7.52. The number of carbonyl (C=O) groups is 1. The molecule has 3 rings (SSSR count). The van der Waals surface area contributed by atoms with Gasteiger partial charge in [-0.05, 0) is 29.3 Å². The molecule has 0 aliphatic rings. The molecule has 7 heteroatoms. The Morgan fingerprint density at radius 1 is 1.28 bits per heavy atom. The van der Waals surface area contributed by atoms with Crippen molar-refractivity contribution in [2.24, 2.45) is 0 Å². The number of aliphatic carboxylic acids is 1. The first kappa shape index (κ1) is 19.2. The van der Waals surface area contributed by atoms with Crippen molar-refractivity contribution in [2.45, 2.75) is 19.4 Å². The minimum atomic E-state index is -1.09. The van der Waals surface area contributed by atoms with E-state index in [1.54, 1.807) is 25.4 Å². The number of carboxylic acids is 1. The van der Waals surface area contributed by atoms with E-state index in [4.69, 9.17) is 4.74 Å². The van der Waals surface area contributed by atoms with Gasteiger partial charge in [0.15, 0.2) is 0 Å². The third-order valence-electron chi connectivity index (χ3n) is 3.72. The number of aromatic nitrogens is 3. The molecule has 6 nitrogen and oxygen atoms in total. The Bertz CT molecular complexity index is 820. The van der Waals surface area contributed by atoms with Crippen molar-refractivity contribution in [1.82, 2.24) is 15.2 Å². The molecule has 0 amide bonds. The summed E-state index contributed by atoms with van der Waals surface area (Å²) in [5, 5.41) is 17.7. The smallest absolute Gasteiger partial charge is 0.550 e. The summed E-state index contributed by atoms with van der Waals surface area (Å²) in [6.45, 7) is 1.94. The topological polar surface area (TPSA) is 90.9 Å². The monoisotopic (exact) mass is 345 g/mol. The van der Waals surface area contributed by atoms with Crippen LogP contribution in [0.3, 0.4) is 0 Å². The number of pyridine rings is 1. The number of aromatic amines is 1. The van der Waals surface area contributed by atoms with E-state index in [2.05, 4.69) is 15.2 Å². The summed E-state index contributed by atoms with van der Waals surface area (Å²) in [4.78, 5) is 15.3. The summed E-state index contributed by atoms with van der Waals surface area (Å²) >= 11 is 0.